The first-order valence-corrected chi connectivity index (χ1v) is 2.85. The molecule has 0 unspecified atom stereocenters. The fourth-order valence-electron chi connectivity index (χ4n) is 0.304. The molecule has 0 saturated carbocycles. The van der Waals surface area contributed by atoms with Crippen LogP contribution in [0.5, 0.6) is 0 Å². The molecule has 0 rings (SSSR count). The minimum atomic E-state index is 1.04. The van der Waals surface area contributed by atoms with Crippen molar-refractivity contribution in [2.24, 2.45) is 5.10 Å². The lowest BCUT2D eigenvalue weighted by atomic mass is 10.4. The van der Waals surface area contributed by atoms with Gasteiger partial charge in [0.15, 0.2) is 0 Å². The van der Waals surface area contributed by atoms with E-state index in [1.54, 1.807) is 7.05 Å². The van der Waals surface area contributed by atoms with Gasteiger partial charge in [-0.2, -0.15) is 5.10 Å². The topological polar surface area (TPSA) is 36.4 Å². The highest BCUT2D eigenvalue weighted by atomic mass is 15.5. The van der Waals surface area contributed by atoms with E-state index < -0.39 is 0 Å². The second-order valence-electron chi connectivity index (χ2n) is 1.46. The van der Waals surface area contributed by atoms with Crippen LogP contribution in [0.4, 0.5) is 0 Å². The van der Waals surface area contributed by atoms with Crippen LogP contribution in [-0.4, -0.2) is 13.3 Å². The normalized spacial score (nSPS) is 10.2. The van der Waals surface area contributed by atoms with Gasteiger partial charge in [-0.3, -0.25) is 0 Å². The number of nitrogens with zero attached hydrogens (tertiary/aromatic N) is 1. The number of nitrogens with one attached hydrogen (secondary N) is 2. The fraction of sp³-hybridized carbons (Fsp3) is 0.800. The van der Waals surface area contributed by atoms with E-state index in [9.17, 15) is 0 Å². The van der Waals surface area contributed by atoms with Crippen LogP contribution < -0.4 is 11.0 Å². The molecule has 3 nitrogen and oxygen atoms in total. The highest BCUT2D eigenvalue weighted by molar-refractivity contribution is 5.56. The van der Waals surface area contributed by atoms with E-state index in [1.807, 2.05) is 6.21 Å². The van der Waals surface area contributed by atoms with Crippen molar-refractivity contribution in [2.75, 3.05) is 7.05 Å². The largest absolute Gasteiger partial charge is 0.244 e. The molecule has 0 aromatic carbocycles. The Bertz CT molecular complexity index is 52.7. The van der Waals surface area contributed by atoms with Gasteiger partial charge in [-0.1, -0.05) is 13.3 Å². The van der Waals surface area contributed by atoms with Crippen LogP contribution >= 0.6 is 0 Å². The zero-order valence-corrected chi connectivity index (χ0v) is 5.44. The molecule has 0 radical (unpaired) electrons. The number of rotatable bonds is 4. The second-order valence-corrected chi connectivity index (χ2v) is 1.46. The van der Waals surface area contributed by atoms with Crippen molar-refractivity contribution in [1.82, 2.24) is 11.0 Å². The van der Waals surface area contributed by atoms with Crippen LogP contribution in [0.25, 0.3) is 0 Å². The molecular weight excluding hydrogens is 102 g/mol. The summed E-state index contributed by atoms with van der Waals surface area (Å²) in [6.07, 6.45) is 4.03. The molecule has 0 aliphatic heterocycles. The minimum Gasteiger partial charge on any atom is -0.244 e. The lowest BCUT2D eigenvalue weighted by molar-refractivity contribution is 0.633. The van der Waals surface area contributed by atoms with Gasteiger partial charge in [0, 0.05) is 13.3 Å². The van der Waals surface area contributed by atoms with Gasteiger partial charge in [0.1, 0.15) is 0 Å². The average molecular weight is 115 g/mol. The Balaban J connectivity index is 2.83. The third-order valence-corrected chi connectivity index (χ3v) is 0.685. The van der Waals surface area contributed by atoms with Gasteiger partial charge in [-0.05, 0) is 6.42 Å². The molecule has 0 atom stereocenters. The molecule has 0 heterocycles. The minimum absolute atomic E-state index is 1.04. The standard InChI is InChI=1S/C5H13N3/c1-3-4-5-7-8-6-2/h5-6,8H,3-4H2,1-2H3/b7-5-. The summed E-state index contributed by atoms with van der Waals surface area (Å²) in [7, 11) is 1.78. The van der Waals surface area contributed by atoms with Crippen LogP contribution in [0, 0.1) is 0 Å². The number of hydrogen-bond donors (Lipinski definition) is 2. The molecule has 48 valence electrons. The maximum Gasteiger partial charge on any atom is 0.0258 e. The first-order valence-electron chi connectivity index (χ1n) is 2.85. The summed E-state index contributed by atoms with van der Waals surface area (Å²) >= 11 is 0. The molecule has 0 fully saturated rings. The second kappa shape index (κ2) is 6.43. The van der Waals surface area contributed by atoms with E-state index in [0.717, 1.165) is 12.8 Å². The Morgan fingerprint density at radius 1 is 1.62 bits per heavy atom. The van der Waals surface area contributed by atoms with E-state index in [2.05, 4.69) is 23.0 Å². The zero-order chi connectivity index (χ0) is 6.24. The summed E-state index contributed by atoms with van der Waals surface area (Å²) in [5.74, 6) is 0. The van der Waals surface area contributed by atoms with Gasteiger partial charge < -0.3 is 0 Å². The third-order valence-electron chi connectivity index (χ3n) is 0.685. The van der Waals surface area contributed by atoms with Crippen LogP contribution in [0.3, 0.4) is 0 Å². The van der Waals surface area contributed by atoms with Gasteiger partial charge in [0.05, 0.1) is 0 Å². The Labute approximate surface area is 50.1 Å². The number of hydrazone groups is 1. The SMILES string of the molecule is CCC/C=N\NNC. The monoisotopic (exact) mass is 115 g/mol. The molecule has 3 heteroatoms. The van der Waals surface area contributed by atoms with E-state index >= 15 is 0 Å². The molecule has 0 saturated heterocycles. The van der Waals surface area contributed by atoms with Crippen molar-refractivity contribution >= 4 is 6.21 Å². The molecule has 0 spiro atoms. The lowest BCUT2D eigenvalue weighted by Crippen LogP contribution is -2.21. The summed E-state index contributed by atoms with van der Waals surface area (Å²) in [5.41, 5.74) is 5.28. The summed E-state index contributed by atoms with van der Waals surface area (Å²) in [6.45, 7) is 2.12. The lowest BCUT2D eigenvalue weighted by Gasteiger charge is -1.91. The first-order chi connectivity index (χ1) is 3.91. The van der Waals surface area contributed by atoms with Gasteiger partial charge in [0.25, 0.3) is 0 Å². The molecule has 0 aliphatic rings. The van der Waals surface area contributed by atoms with Gasteiger partial charge in [-0.15, -0.1) is 0 Å². The van der Waals surface area contributed by atoms with Gasteiger partial charge in [-0.25, -0.2) is 11.0 Å². The first kappa shape index (κ1) is 7.43. The highest BCUT2D eigenvalue weighted by Gasteiger charge is 1.69. The Morgan fingerprint density at radius 3 is 2.88 bits per heavy atom. The maximum atomic E-state index is 3.79. The van der Waals surface area contributed by atoms with E-state index in [1.165, 1.54) is 0 Å². The third kappa shape index (κ3) is 5.43. The van der Waals surface area contributed by atoms with Crippen molar-refractivity contribution in [1.29, 1.82) is 0 Å². The molecule has 0 aromatic rings. The molecule has 0 aliphatic carbocycles. The summed E-state index contributed by atoms with van der Waals surface area (Å²) in [4.78, 5) is 0. The highest BCUT2D eigenvalue weighted by Crippen LogP contribution is 1.77. The van der Waals surface area contributed by atoms with Crippen molar-refractivity contribution in [3.05, 3.63) is 0 Å². The zero-order valence-electron chi connectivity index (χ0n) is 5.44. The molecule has 2 N–H and O–H groups in total. The Hall–Kier alpha value is -0.570. The van der Waals surface area contributed by atoms with Crippen LogP contribution in [-0.2, 0) is 0 Å². The predicted octanol–water partition coefficient (Wildman–Crippen LogP) is 0.496. The number of hydrogen-bond acceptors (Lipinski definition) is 3. The smallest absolute Gasteiger partial charge is 0.0258 e. The van der Waals surface area contributed by atoms with Gasteiger partial charge in [0.2, 0.25) is 0 Å². The van der Waals surface area contributed by atoms with Gasteiger partial charge >= 0.3 is 0 Å². The molecular formula is C5H13N3. The summed E-state index contributed by atoms with van der Waals surface area (Å²) in [5, 5.41) is 3.79. The summed E-state index contributed by atoms with van der Waals surface area (Å²) in [6, 6.07) is 0. The van der Waals surface area contributed by atoms with Crippen LogP contribution in [0.1, 0.15) is 19.8 Å². The van der Waals surface area contributed by atoms with Crippen LogP contribution in [0.2, 0.25) is 0 Å². The predicted molar refractivity (Wildman–Crippen MR) is 35.6 cm³/mol. The molecule has 8 heavy (non-hydrogen) atoms. The Kier molecular flexibility index (Phi) is 5.97. The van der Waals surface area contributed by atoms with Crippen molar-refractivity contribution < 1.29 is 0 Å². The number of unbranched alkanes of at least 4 members (excludes halogenated alkanes) is 1. The maximum absolute atomic E-state index is 3.79. The average Bonchev–Trinajstić information content (AvgIpc) is 1.81. The molecule has 0 aromatic heterocycles. The van der Waals surface area contributed by atoms with Crippen molar-refractivity contribution in [3.8, 4) is 0 Å². The quantitative estimate of drug-likeness (QED) is 0.413. The van der Waals surface area contributed by atoms with E-state index in [0.29, 0.717) is 0 Å². The fourth-order valence-corrected chi connectivity index (χ4v) is 0.304. The van der Waals surface area contributed by atoms with Crippen molar-refractivity contribution in [3.63, 3.8) is 0 Å². The van der Waals surface area contributed by atoms with Crippen molar-refractivity contribution in [2.45, 2.75) is 19.8 Å². The van der Waals surface area contributed by atoms with E-state index in [-0.39, 0.29) is 0 Å². The Morgan fingerprint density at radius 2 is 2.38 bits per heavy atom. The van der Waals surface area contributed by atoms with Crippen LogP contribution in [0.15, 0.2) is 5.10 Å². The summed E-state index contributed by atoms with van der Waals surface area (Å²) < 4.78 is 0. The number of hydrazine groups is 1. The molecule has 0 amide bonds. The molecule has 0 bridgehead atoms. The van der Waals surface area contributed by atoms with E-state index in [4.69, 9.17) is 0 Å².